The summed E-state index contributed by atoms with van der Waals surface area (Å²) in [4.78, 5) is 22.1. The zero-order valence-electron chi connectivity index (χ0n) is 13.8. The molecule has 8 nitrogen and oxygen atoms in total. The largest absolute Gasteiger partial charge is 0.455 e. The highest BCUT2D eigenvalue weighted by Crippen LogP contribution is 2.30. The summed E-state index contributed by atoms with van der Waals surface area (Å²) in [6.07, 6.45) is 1.32. The quantitative estimate of drug-likeness (QED) is 0.378. The van der Waals surface area contributed by atoms with Gasteiger partial charge in [-0.15, -0.1) is 0 Å². The molecule has 9 heteroatoms. The van der Waals surface area contributed by atoms with E-state index in [1.165, 1.54) is 18.3 Å². The summed E-state index contributed by atoms with van der Waals surface area (Å²) in [5.41, 5.74) is 3.24. The van der Waals surface area contributed by atoms with Gasteiger partial charge in [-0.1, -0.05) is 29.8 Å². The Morgan fingerprint density at radius 1 is 1.15 bits per heavy atom. The van der Waals surface area contributed by atoms with Gasteiger partial charge in [-0.05, 0) is 36.4 Å². The van der Waals surface area contributed by atoms with Crippen LogP contribution in [0.15, 0.2) is 70.2 Å². The van der Waals surface area contributed by atoms with Crippen LogP contribution in [0.25, 0.3) is 11.3 Å². The van der Waals surface area contributed by atoms with E-state index in [1.54, 1.807) is 42.5 Å². The van der Waals surface area contributed by atoms with Crippen LogP contribution >= 0.6 is 11.6 Å². The van der Waals surface area contributed by atoms with E-state index in [1.807, 2.05) is 6.07 Å². The van der Waals surface area contributed by atoms with E-state index in [0.29, 0.717) is 22.8 Å². The number of halogens is 1. The second kappa shape index (κ2) is 8.15. The van der Waals surface area contributed by atoms with Gasteiger partial charge in [-0.2, -0.15) is 5.10 Å². The molecule has 0 saturated heterocycles. The maximum Gasteiger partial charge on any atom is 0.339 e. The molecule has 2 amide bonds. The minimum Gasteiger partial charge on any atom is -0.455 e. The summed E-state index contributed by atoms with van der Waals surface area (Å²) >= 11 is 5.80. The second-order valence-corrected chi connectivity index (χ2v) is 5.72. The molecule has 0 aliphatic carbocycles. The van der Waals surface area contributed by atoms with Crippen LogP contribution in [0, 0.1) is 10.1 Å². The first-order valence-electron chi connectivity index (χ1n) is 7.72. The number of furan rings is 1. The summed E-state index contributed by atoms with van der Waals surface area (Å²) in [7, 11) is 0. The van der Waals surface area contributed by atoms with Crippen LogP contribution in [0.1, 0.15) is 5.76 Å². The molecule has 0 aliphatic heterocycles. The molecule has 136 valence electrons. The van der Waals surface area contributed by atoms with Crippen LogP contribution in [0.5, 0.6) is 0 Å². The smallest absolute Gasteiger partial charge is 0.339 e. The monoisotopic (exact) mass is 384 g/mol. The Bertz CT molecular complexity index is 1000. The number of para-hydroxylation sites is 1. The molecule has 1 aromatic heterocycles. The third kappa shape index (κ3) is 4.71. The van der Waals surface area contributed by atoms with Gasteiger partial charge in [0.1, 0.15) is 16.5 Å². The highest BCUT2D eigenvalue weighted by molar-refractivity contribution is 6.32. The zero-order chi connectivity index (χ0) is 19.2. The van der Waals surface area contributed by atoms with Crippen LogP contribution in [0.2, 0.25) is 5.02 Å². The van der Waals surface area contributed by atoms with E-state index in [2.05, 4.69) is 15.8 Å². The lowest BCUT2D eigenvalue weighted by Crippen LogP contribution is -2.24. The van der Waals surface area contributed by atoms with Crippen molar-refractivity contribution in [3.8, 4) is 11.3 Å². The molecule has 0 unspecified atom stereocenters. The molecule has 2 N–H and O–H groups in total. The Balaban J connectivity index is 1.64. The molecule has 0 atom stereocenters. The molecule has 0 bridgehead atoms. The second-order valence-electron chi connectivity index (χ2n) is 5.32. The van der Waals surface area contributed by atoms with E-state index in [-0.39, 0.29) is 10.7 Å². The molecule has 0 fully saturated rings. The normalized spacial score (nSPS) is 10.7. The number of nitro groups is 1. The van der Waals surface area contributed by atoms with Crippen LogP contribution in [0.3, 0.4) is 0 Å². The minimum atomic E-state index is -0.563. The van der Waals surface area contributed by atoms with Crippen molar-refractivity contribution in [2.45, 2.75) is 0 Å². The van der Waals surface area contributed by atoms with Crippen molar-refractivity contribution in [3.63, 3.8) is 0 Å². The molecular weight excluding hydrogens is 372 g/mol. The lowest BCUT2D eigenvalue weighted by Gasteiger charge is -2.02. The SMILES string of the molecule is O=C(N/N=C\c1ccc(-c2ccc(Cl)c([N+](=O)[O-])c2)o1)Nc1ccccc1. The van der Waals surface area contributed by atoms with Gasteiger partial charge in [0.05, 0.1) is 11.1 Å². The fourth-order valence-corrected chi connectivity index (χ4v) is 2.40. The van der Waals surface area contributed by atoms with Crippen LogP contribution in [-0.4, -0.2) is 17.2 Å². The van der Waals surface area contributed by atoms with Crippen molar-refractivity contribution in [1.82, 2.24) is 5.43 Å². The van der Waals surface area contributed by atoms with Gasteiger partial charge in [0, 0.05) is 17.3 Å². The Hall–Kier alpha value is -3.65. The van der Waals surface area contributed by atoms with E-state index in [0.717, 1.165) is 0 Å². The average Bonchev–Trinajstić information content (AvgIpc) is 3.11. The van der Waals surface area contributed by atoms with E-state index >= 15 is 0 Å². The molecule has 27 heavy (non-hydrogen) atoms. The Morgan fingerprint density at radius 3 is 2.67 bits per heavy atom. The van der Waals surface area contributed by atoms with Gasteiger partial charge in [-0.3, -0.25) is 10.1 Å². The number of carbonyl (C=O) groups is 1. The lowest BCUT2D eigenvalue weighted by molar-refractivity contribution is -0.384. The number of amides is 2. The van der Waals surface area contributed by atoms with Crippen molar-refractivity contribution >= 4 is 35.2 Å². The molecule has 0 spiro atoms. The highest BCUT2D eigenvalue weighted by atomic mass is 35.5. The van der Waals surface area contributed by atoms with E-state index < -0.39 is 11.0 Å². The predicted molar refractivity (Wildman–Crippen MR) is 102 cm³/mol. The zero-order valence-corrected chi connectivity index (χ0v) is 14.5. The summed E-state index contributed by atoms with van der Waals surface area (Å²) < 4.78 is 5.56. The Kier molecular flexibility index (Phi) is 5.48. The summed E-state index contributed by atoms with van der Waals surface area (Å²) in [6, 6.07) is 16.0. The van der Waals surface area contributed by atoms with E-state index in [9.17, 15) is 14.9 Å². The number of hydrogen-bond acceptors (Lipinski definition) is 5. The van der Waals surface area contributed by atoms with Crippen LogP contribution < -0.4 is 10.7 Å². The third-order valence-electron chi connectivity index (χ3n) is 3.44. The molecule has 0 aliphatic rings. The molecule has 1 heterocycles. The summed E-state index contributed by atoms with van der Waals surface area (Å²) in [6.45, 7) is 0. The van der Waals surface area contributed by atoms with Crippen molar-refractivity contribution < 1.29 is 14.1 Å². The fraction of sp³-hybridized carbons (Fsp3) is 0. The molecular formula is C18H13ClN4O4. The maximum absolute atomic E-state index is 11.7. The van der Waals surface area contributed by atoms with Crippen LogP contribution in [-0.2, 0) is 0 Å². The number of hydrazone groups is 1. The van der Waals surface area contributed by atoms with Gasteiger partial charge < -0.3 is 9.73 Å². The average molecular weight is 385 g/mol. The first-order chi connectivity index (χ1) is 13.0. The van der Waals surface area contributed by atoms with Gasteiger partial charge in [0.15, 0.2) is 0 Å². The number of nitro benzene ring substituents is 1. The summed E-state index contributed by atoms with van der Waals surface area (Å²) in [5.74, 6) is 0.771. The number of hydrogen-bond donors (Lipinski definition) is 2. The number of rotatable bonds is 5. The van der Waals surface area contributed by atoms with Crippen LogP contribution in [0.4, 0.5) is 16.2 Å². The minimum absolute atomic E-state index is 0.0470. The molecule has 0 radical (unpaired) electrons. The fourth-order valence-electron chi connectivity index (χ4n) is 2.22. The van der Waals surface area contributed by atoms with Gasteiger partial charge in [-0.25, -0.2) is 10.2 Å². The molecule has 0 saturated carbocycles. The van der Waals surface area contributed by atoms with Crippen molar-refractivity contribution in [1.29, 1.82) is 0 Å². The van der Waals surface area contributed by atoms with Crippen molar-refractivity contribution in [3.05, 3.63) is 81.6 Å². The molecule has 2 aromatic carbocycles. The van der Waals surface area contributed by atoms with Crippen molar-refractivity contribution in [2.75, 3.05) is 5.32 Å². The first-order valence-corrected chi connectivity index (χ1v) is 8.10. The number of nitrogens with zero attached hydrogens (tertiary/aromatic N) is 2. The van der Waals surface area contributed by atoms with Gasteiger partial charge in [0.25, 0.3) is 5.69 Å². The number of anilines is 1. The maximum atomic E-state index is 11.7. The highest BCUT2D eigenvalue weighted by Gasteiger charge is 2.15. The Morgan fingerprint density at radius 2 is 1.93 bits per heavy atom. The summed E-state index contributed by atoms with van der Waals surface area (Å²) in [5, 5.41) is 17.4. The first kappa shape index (κ1) is 18.2. The number of nitrogens with one attached hydrogen (secondary N) is 2. The topological polar surface area (TPSA) is 110 Å². The standard InChI is InChI=1S/C18H13ClN4O4/c19-15-8-6-12(10-16(15)23(25)26)17-9-7-14(27-17)11-20-22-18(24)21-13-4-2-1-3-5-13/h1-11H,(H2,21,22,24)/b20-11-. The van der Waals surface area contributed by atoms with E-state index in [4.69, 9.17) is 16.0 Å². The van der Waals surface area contributed by atoms with Gasteiger partial charge >= 0.3 is 6.03 Å². The number of benzene rings is 2. The number of carbonyl (C=O) groups excluding carboxylic acids is 1. The third-order valence-corrected chi connectivity index (χ3v) is 3.76. The molecule has 3 rings (SSSR count). The predicted octanol–water partition coefficient (Wildman–Crippen LogP) is 4.66. The lowest BCUT2D eigenvalue weighted by atomic mass is 10.1. The Labute approximate surface area is 158 Å². The molecule has 3 aromatic rings. The van der Waals surface area contributed by atoms with Crippen molar-refractivity contribution in [2.24, 2.45) is 5.10 Å². The van der Waals surface area contributed by atoms with Gasteiger partial charge in [0.2, 0.25) is 0 Å². The number of urea groups is 1.